The largest absolute Gasteiger partial charge is 0.360 e. The van der Waals surface area contributed by atoms with Crippen LogP contribution in [0.1, 0.15) is 31.2 Å². The number of hydrogen-bond acceptors (Lipinski definition) is 6. The van der Waals surface area contributed by atoms with Crippen LogP contribution < -0.4 is 10.6 Å². The molecule has 1 aromatic carbocycles. The Labute approximate surface area is 169 Å². The molecule has 0 atom stereocenters. The van der Waals surface area contributed by atoms with Crippen molar-refractivity contribution in [1.82, 2.24) is 9.46 Å². The van der Waals surface area contributed by atoms with Crippen LogP contribution in [0, 0.1) is 19.8 Å². The molecule has 1 saturated heterocycles. The van der Waals surface area contributed by atoms with Gasteiger partial charge in [-0.1, -0.05) is 5.16 Å². The van der Waals surface area contributed by atoms with E-state index in [1.165, 1.54) is 11.2 Å². The van der Waals surface area contributed by atoms with Crippen molar-refractivity contribution in [3.05, 3.63) is 35.7 Å². The highest BCUT2D eigenvalue weighted by Gasteiger charge is 2.35. The number of aromatic nitrogens is 1. The summed E-state index contributed by atoms with van der Waals surface area (Å²) in [6.07, 6.45) is 0.858. The molecule has 0 unspecified atom stereocenters. The van der Waals surface area contributed by atoms with Gasteiger partial charge in [0.15, 0.2) is 5.76 Å². The number of benzene rings is 1. The van der Waals surface area contributed by atoms with Gasteiger partial charge in [0.1, 0.15) is 10.6 Å². The van der Waals surface area contributed by atoms with E-state index in [1.807, 2.05) is 0 Å². The van der Waals surface area contributed by atoms with Gasteiger partial charge in [-0.15, -0.1) is 0 Å². The van der Waals surface area contributed by atoms with E-state index in [0.717, 1.165) is 0 Å². The molecule has 2 heterocycles. The van der Waals surface area contributed by atoms with Gasteiger partial charge in [-0.2, -0.15) is 4.31 Å². The maximum atomic E-state index is 12.9. The number of amides is 2. The van der Waals surface area contributed by atoms with Crippen LogP contribution in [0.3, 0.4) is 0 Å². The predicted octanol–water partition coefficient (Wildman–Crippen LogP) is 2.29. The van der Waals surface area contributed by atoms with Gasteiger partial charge >= 0.3 is 0 Å². The number of hydrogen-bond donors (Lipinski definition) is 2. The van der Waals surface area contributed by atoms with Crippen molar-refractivity contribution in [1.29, 1.82) is 0 Å². The molecule has 1 fully saturated rings. The molecule has 2 N–H and O–H groups in total. The molecule has 0 spiro atoms. The third-order valence-corrected chi connectivity index (χ3v) is 7.01. The summed E-state index contributed by atoms with van der Waals surface area (Å²) in [4.78, 5) is 23.7. The molecule has 0 saturated carbocycles. The Morgan fingerprint density at radius 3 is 2.10 bits per heavy atom. The minimum absolute atomic E-state index is 0.111. The van der Waals surface area contributed by atoms with Gasteiger partial charge in [0.25, 0.3) is 0 Å². The molecule has 0 bridgehead atoms. The van der Waals surface area contributed by atoms with Crippen LogP contribution in [0.25, 0.3) is 0 Å². The normalized spacial score (nSPS) is 15.8. The molecular formula is C19H24N4O5S. The van der Waals surface area contributed by atoms with Gasteiger partial charge in [0.2, 0.25) is 21.8 Å². The zero-order valence-corrected chi connectivity index (χ0v) is 17.4. The number of rotatable bonds is 5. The van der Waals surface area contributed by atoms with Gasteiger partial charge < -0.3 is 15.2 Å². The molecule has 2 aromatic rings. The van der Waals surface area contributed by atoms with Gasteiger partial charge in [-0.05, 0) is 51.0 Å². The first-order valence-electron chi connectivity index (χ1n) is 9.30. The molecule has 1 aliphatic heterocycles. The van der Waals surface area contributed by atoms with Crippen LogP contribution in [0.5, 0.6) is 0 Å². The van der Waals surface area contributed by atoms with Crippen molar-refractivity contribution in [3.8, 4) is 0 Å². The highest BCUT2D eigenvalue weighted by atomic mass is 32.2. The van der Waals surface area contributed by atoms with Crippen LogP contribution in [0.2, 0.25) is 0 Å². The van der Waals surface area contributed by atoms with Crippen LogP contribution >= 0.6 is 0 Å². The van der Waals surface area contributed by atoms with Gasteiger partial charge in [-0.25, -0.2) is 8.42 Å². The first-order valence-corrected chi connectivity index (χ1v) is 10.7. The van der Waals surface area contributed by atoms with Crippen molar-refractivity contribution < 1.29 is 22.5 Å². The Kier molecular flexibility index (Phi) is 6.04. The Morgan fingerprint density at radius 1 is 1.07 bits per heavy atom. The molecule has 3 rings (SSSR count). The molecule has 10 heteroatoms. The minimum Gasteiger partial charge on any atom is -0.360 e. The SMILES string of the molecule is CC(=O)Nc1ccc(NC(=O)C2CCN(S(=O)(=O)c3c(C)noc3C)CC2)cc1. The van der Waals surface area contributed by atoms with Crippen molar-refractivity contribution >= 4 is 33.2 Å². The summed E-state index contributed by atoms with van der Waals surface area (Å²) in [6, 6.07) is 6.83. The lowest BCUT2D eigenvalue weighted by molar-refractivity contribution is -0.121. The van der Waals surface area contributed by atoms with E-state index in [4.69, 9.17) is 4.52 Å². The van der Waals surface area contributed by atoms with E-state index in [1.54, 1.807) is 38.1 Å². The zero-order chi connectivity index (χ0) is 21.2. The Hall–Kier alpha value is -2.72. The molecule has 29 heavy (non-hydrogen) atoms. The maximum Gasteiger partial charge on any atom is 0.248 e. The summed E-state index contributed by atoms with van der Waals surface area (Å²) < 4.78 is 32.1. The molecule has 1 aromatic heterocycles. The number of piperidine rings is 1. The third kappa shape index (κ3) is 4.65. The first-order chi connectivity index (χ1) is 13.7. The number of anilines is 2. The van der Waals surface area contributed by atoms with Gasteiger partial charge in [0, 0.05) is 37.3 Å². The number of carbonyl (C=O) groups is 2. The van der Waals surface area contributed by atoms with E-state index < -0.39 is 10.0 Å². The second kappa shape index (κ2) is 8.34. The summed E-state index contributed by atoms with van der Waals surface area (Å²) in [5, 5.41) is 9.23. The average Bonchev–Trinajstić information content (AvgIpc) is 3.02. The monoisotopic (exact) mass is 420 g/mol. The van der Waals surface area contributed by atoms with E-state index in [0.29, 0.717) is 29.9 Å². The summed E-state index contributed by atoms with van der Waals surface area (Å²) in [5.74, 6) is -0.321. The van der Waals surface area contributed by atoms with Gasteiger partial charge in [0.05, 0.1) is 0 Å². The number of nitrogens with one attached hydrogen (secondary N) is 2. The fourth-order valence-corrected chi connectivity index (χ4v) is 5.18. The molecule has 1 aliphatic rings. The highest BCUT2D eigenvalue weighted by molar-refractivity contribution is 7.89. The van der Waals surface area contributed by atoms with Crippen LogP contribution in [-0.4, -0.2) is 42.8 Å². The average molecular weight is 420 g/mol. The summed E-state index contributed by atoms with van der Waals surface area (Å²) in [7, 11) is -3.69. The lowest BCUT2D eigenvalue weighted by Crippen LogP contribution is -2.41. The third-order valence-electron chi connectivity index (χ3n) is 4.86. The fraction of sp³-hybridized carbons (Fsp3) is 0.421. The van der Waals surface area contributed by atoms with Crippen LogP contribution in [0.4, 0.5) is 11.4 Å². The van der Waals surface area contributed by atoms with Crippen LogP contribution in [0.15, 0.2) is 33.7 Å². The number of carbonyl (C=O) groups excluding carboxylic acids is 2. The zero-order valence-electron chi connectivity index (χ0n) is 16.6. The lowest BCUT2D eigenvalue weighted by atomic mass is 9.97. The van der Waals surface area contributed by atoms with Crippen molar-refractivity contribution in [3.63, 3.8) is 0 Å². The highest BCUT2D eigenvalue weighted by Crippen LogP contribution is 2.28. The maximum absolute atomic E-state index is 12.9. The van der Waals surface area contributed by atoms with Gasteiger partial charge in [-0.3, -0.25) is 9.59 Å². The molecule has 2 amide bonds. The second-order valence-corrected chi connectivity index (χ2v) is 8.95. The predicted molar refractivity (Wildman–Crippen MR) is 107 cm³/mol. The molecule has 9 nitrogen and oxygen atoms in total. The standard InChI is InChI=1S/C19H24N4O5S/c1-12-18(13(2)28-22-12)29(26,27)23-10-8-15(9-11-23)19(25)21-17-6-4-16(5-7-17)20-14(3)24/h4-7,15H,8-11H2,1-3H3,(H,20,24)(H,21,25). The van der Waals surface area contributed by atoms with E-state index in [-0.39, 0.29) is 41.5 Å². The molecular weight excluding hydrogens is 396 g/mol. The van der Waals surface area contributed by atoms with E-state index in [2.05, 4.69) is 15.8 Å². The summed E-state index contributed by atoms with van der Waals surface area (Å²) in [5.41, 5.74) is 1.60. The van der Waals surface area contributed by atoms with Crippen molar-refractivity contribution in [2.75, 3.05) is 23.7 Å². The van der Waals surface area contributed by atoms with Crippen LogP contribution in [-0.2, 0) is 19.6 Å². The Morgan fingerprint density at radius 2 is 1.62 bits per heavy atom. The molecule has 0 aliphatic carbocycles. The second-order valence-electron chi connectivity index (χ2n) is 7.08. The summed E-state index contributed by atoms with van der Waals surface area (Å²) >= 11 is 0. The quantitative estimate of drug-likeness (QED) is 0.765. The number of nitrogens with zero attached hydrogens (tertiary/aromatic N) is 2. The Balaban J connectivity index is 1.59. The lowest BCUT2D eigenvalue weighted by Gasteiger charge is -2.30. The van der Waals surface area contributed by atoms with Crippen molar-refractivity contribution in [2.24, 2.45) is 5.92 Å². The molecule has 0 radical (unpaired) electrons. The minimum atomic E-state index is -3.69. The number of aryl methyl sites for hydroxylation is 2. The fourth-order valence-electron chi connectivity index (χ4n) is 3.41. The topological polar surface area (TPSA) is 122 Å². The smallest absolute Gasteiger partial charge is 0.248 e. The Bertz CT molecular complexity index is 986. The van der Waals surface area contributed by atoms with E-state index in [9.17, 15) is 18.0 Å². The summed E-state index contributed by atoms with van der Waals surface area (Å²) in [6.45, 7) is 5.11. The van der Waals surface area contributed by atoms with E-state index >= 15 is 0 Å². The number of sulfonamides is 1. The van der Waals surface area contributed by atoms with Crippen molar-refractivity contribution in [2.45, 2.75) is 38.5 Å². The first kappa shape index (κ1) is 21.0. The molecule has 156 valence electrons.